The molecule has 0 bridgehead atoms. The second kappa shape index (κ2) is 9.76. The number of carbonyl (C=O) groups is 1. The highest BCUT2D eigenvalue weighted by Gasteiger charge is 2.12. The lowest BCUT2D eigenvalue weighted by Gasteiger charge is -2.12. The highest BCUT2D eigenvalue weighted by molar-refractivity contribution is 6.30. The first-order valence-corrected chi connectivity index (χ1v) is 9.41. The molecule has 0 radical (unpaired) electrons. The topological polar surface area (TPSA) is 90.7 Å². The summed E-state index contributed by atoms with van der Waals surface area (Å²) in [4.78, 5) is 22.7. The molecule has 0 fully saturated rings. The predicted octanol–water partition coefficient (Wildman–Crippen LogP) is 4.77. The number of carbonyl (C=O) groups excluding carboxylic acids is 1. The van der Waals surface area contributed by atoms with E-state index < -0.39 is 4.92 Å². The molecule has 0 aliphatic rings. The normalized spacial score (nSPS) is 10.3. The van der Waals surface area contributed by atoms with Gasteiger partial charge in [0.05, 0.1) is 12.0 Å². The number of nitrogens with one attached hydrogen (secondary N) is 1. The van der Waals surface area contributed by atoms with Crippen LogP contribution in [0.5, 0.6) is 11.5 Å². The van der Waals surface area contributed by atoms with Gasteiger partial charge in [-0.25, -0.2) is 0 Å². The van der Waals surface area contributed by atoms with E-state index in [2.05, 4.69) is 5.32 Å². The first kappa shape index (κ1) is 21.1. The fourth-order valence-corrected chi connectivity index (χ4v) is 2.82. The monoisotopic (exact) mass is 426 g/mol. The van der Waals surface area contributed by atoms with Crippen molar-refractivity contribution in [2.75, 3.05) is 7.11 Å². The third-order valence-electron chi connectivity index (χ3n) is 4.33. The molecule has 0 saturated heterocycles. The summed E-state index contributed by atoms with van der Waals surface area (Å²) < 4.78 is 11.1. The van der Waals surface area contributed by atoms with Gasteiger partial charge in [0.25, 0.3) is 11.6 Å². The van der Waals surface area contributed by atoms with Gasteiger partial charge in [-0.1, -0.05) is 35.9 Å². The van der Waals surface area contributed by atoms with Crippen LogP contribution in [-0.4, -0.2) is 17.9 Å². The Morgan fingerprint density at radius 2 is 1.67 bits per heavy atom. The van der Waals surface area contributed by atoms with E-state index >= 15 is 0 Å². The van der Waals surface area contributed by atoms with Crippen LogP contribution in [-0.2, 0) is 13.2 Å². The fraction of sp³-hybridized carbons (Fsp3) is 0.136. The summed E-state index contributed by atoms with van der Waals surface area (Å²) in [5, 5.41) is 14.1. The zero-order chi connectivity index (χ0) is 21.5. The number of halogens is 1. The van der Waals surface area contributed by atoms with Crippen LogP contribution in [0.4, 0.5) is 5.69 Å². The number of rotatable bonds is 8. The summed E-state index contributed by atoms with van der Waals surface area (Å²) in [6.45, 7) is 0.577. The van der Waals surface area contributed by atoms with Crippen LogP contribution in [0, 0.1) is 10.1 Å². The molecule has 0 atom stereocenters. The van der Waals surface area contributed by atoms with Crippen molar-refractivity contribution in [2.24, 2.45) is 0 Å². The number of non-ortho nitro benzene ring substituents is 1. The molecule has 3 rings (SSSR count). The second-order valence-corrected chi connectivity index (χ2v) is 6.82. The Bertz CT molecular complexity index is 1040. The van der Waals surface area contributed by atoms with Crippen LogP contribution in [0.1, 0.15) is 21.5 Å². The molecular formula is C22H19ClN2O5. The molecule has 0 saturated carbocycles. The molecule has 1 N–H and O–H groups in total. The van der Waals surface area contributed by atoms with Crippen LogP contribution >= 0.6 is 11.6 Å². The summed E-state index contributed by atoms with van der Waals surface area (Å²) in [5.74, 6) is 0.655. The lowest BCUT2D eigenvalue weighted by atomic mass is 10.1. The number of nitrogens with zero attached hydrogens (tertiary/aromatic N) is 1. The predicted molar refractivity (Wildman–Crippen MR) is 113 cm³/mol. The van der Waals surface area contributed by atoms with Crippen LogP contribution in [0.25, 0.3) is 0 Å². The number of nitro groups is 1. The molecule has 0 aliphatic carbocycles. The highest BCUT2D eigenvalue weighted by Crippen LogP contribution is 2.29. The molecule has 0 unspecified atom stereocenters. The van der Waals surface area contributed by atoms with Gasteiger partial charge in [-0.05, 0) is 41.5 Å². The fourth-order valence-electron chi connectivity index (χ4n) is 2.69. The van der Waals surface area contributed by atoms with Gasteiger partial charge in [0.2, 0.25) is 0 Å². The number of hydrogen-bond donors (Lipinski definition) is 1. The number of methoxy groups -OCH3 is 1. The van der Waals surface area contributed by atoms with Crippen LogP contribution in [0.2, 0.25) is 5.02 Å². The van der Waals surface area contributed by atoms with E-state index in [1.54, 1.807) is 42.5 Å². The smallest absolute Gasteiger partial charge is 0.269 e. The number of nitro benzene ring substituents is 1. The van der Waals surface area contributed by atoms with Crippen molar-refractivity contribution < 1.29 is 19.2 Å². The van der Waals surface area contributed by atoms with Gasteiger partial charge in [0, 0.05) is 29.3 Å². The molecule has 30 heavy (non-hydrogen) atoms. The number of amides is 1. The first-order valence-electron chi connectivity index (χ1n) is 9.03. The Balaban J connectivity index is 1.62. The van der Waals surface area contributed by atoms with Gasteiger partial charge >= 0.3 is 0 Å². The summed E-state index contributed by atoms with van der Waals surface area (Å²) >= 11 is 5.88. The van der Waals surface area contributed by atoms with E-state index in [0.717, 1.165) is 11.1 Å². The Labute approximate surface area is 178 Å². The van der Waals surface area contributed by atoms with Gasteiger partial charge < -0.3 is 14.8 Å². The van der Waals surface area contributed by atoms with Crippen LogP contribution < -0.4 is 14.8 Å². The summed E-state index contributed by atoms with van der Waals surface area (Å²) in [6.07, 6.45) is 0. The zero-order valence-corrected chi connectivity index (χ0v) is 16.9. The lowest BCUT2D eigenvalue weighted by molar-refractivity contribution is -0.384. The minimum Gasteiger partial charge on any atom is -0.493 e. The molecule has 0 heterocycles. The average molecular weight is 427 g/mol. The van der Waals surface area contributed by atoms with Gasteiger partial charge in [-0.3, -0.25) is 14.9 Å². The number of ether oxygens (including phenoxy) is 2. The molecule has 0 spiro atoms. The molecule has 1 amide bonds. The summed E-state index contributed by atoms with van der Waals surface area (Å²) in [7, 11) is 1.50. The Hall–Kier alpha value is -3.58. The highest BCUT2D eigenvalue weighted by atomic mass is 35.5. The second-order valence-electron chi connectivity index (χ2n) is 6.39. The minimum absolute atomic E-state index is 0.00371. The Morgan fingerprint density at radius 3 is 2.30 bits per heavy atom. The van der Waals surface area contributed by atoms with Crippen LogP contribution in [0.15, 0.2) is 66.7 Å². The maximum absolute atomic E-state index is 12.5. The molecule has 3 aromatic carbocycles. The molecule has 0 aromatic heterocycles. The number of hydrogen-bond acceptors (Lipinski definition) is 5. The summed E-state index contributed by atoms with van der Waals surface area (Å²) in [5.41, 5.74) is 2.12. The maximum Gasteiger partial charge on any atom is 0.269 e. The van der Waals surface area contributed by atoms with Crippen molar-refractivity contribution in [3.8, 4) is 11.5 Å². The first-order chi connectivity index (χ1) is 14.5. The lowest BCUT2D eigenvalue weighted by Crippen LogP contribution is -2.22. The van der Waals surface area contributed by atoms with E-state index in [1.165, 1.54) is 19.2 Å². The molecular weight excluding hydrogens is 408 g/mol. The third-order valence-corrected chi connectivity index (χ3v) is 4.59. The van der Waals surface area contributed by atoms with Crippen molar-refractivity contribution in [2.45, 2.75) is 13.2 Å². The van der Waals surface area contributed by atoms with Gasteiger partial charge in [0.1, 0.15) is 6.61 Å². The van der Waals surface area contributed by atoms with Gasteiger partial charge in [-0.2, -0.15) is 0 Å². The van der Waals surface area contributed by atoms with E-state index in [4.69, 9.17) is 21.1 Å². The van der Waals surface area contributed by atoms with Crippen molar-refractivity contribution in [1.29, 1.82) is 0 Å². The molecule has 7 nitrogen and oxygen atoms in total. The maximum atomic E-state index is 12.5. The quantitative estimate of drug-likeness (QED) is 0.414. The molecule has 0 aliphatic heterocycles. The largest absolute Gasteiger partial charge is 0.493 e. The van der Waals surface area contributed by atoms with E-state index in [-0.39, 0.29) is 18.1 Å². The molecule has 154 valence electrons. The van der Waals surface area contributed by atoms with Crippen molar-refractivity contribution in [3.05, 3.63) is 98.6 Å². The molecule has 3 aromatic rings. The Morgan fingerprint density at radius 1 is 1.00 bits per heavy atom. The van der Waals surface area contributed by atoms with Gasteiger partial charge in [0.15, 0.2) is 11.5 Å². The van der Waals surface area contributed by atoms with Crippen LogP contribution in [0.3, 0.4) is 0 Å². The van der Waals surface area contributed by atoms with Crippen molar-refractivity contribution in [1.82, 2.24) is 5.32 Å². The number of benzene rings is 3. The summed E-state index contributed by atoms with van der Waals surface area (Å²) in [6, 6.07) is 18.2. The zero-order valence-electron chi connectivity index (χ0n) is 16.1. The SMILES string of the molecule is COc1cc(C(=O)NCc2ccc([N+](=O)[O-])cc2)ccc1OCc1ccc(Cl)cc1. The van der Waals surface area contributed by atoms with Crippen molar-refractivity contribution in [3.63, 3.8) is 0 Å². The third kappa shape index (κ3) is 5.48. The minimum atomic E-state index is -0.467. The van der Waals surface area contributed by atoms with E-state index in [0.29, 0.717) is 28.7 Å². The van der Waals surface area contributed by atoms with E-state index in [9.17, 15) is 14.9 Å². The van der Waals surface area contributed by atoms with Gasteiger partial charge in [-0.15, -0.1) is 0 Å². The van der Waals surface area contributed by atoms with Crippen molar-refractivity contribution >= 4 is 23.2 Å². The van der Waals surface area contributed by atoms with E-state index in [1.807, 2.05) is 12.1 Å². The average Bonchev–Trinajstić information content (AvgIpc) is 2.77. The molecule has 8 heteroatoms. The Kier molecular flexibility index (Phi) is 6.87. The standard InChI is InChI=1S/C22H19ClN2O5/c1-29-21-12-17(6-11-20(21)30-14-16-2-7-18(23)8-3-16)22(26)24-13-15-4-9-19(10-5-15)25(27)28/h2-12H,13-14H2,1H3,(H,24,26).